The van der Waals surface area contributed by atoms with Crippen LogP contribution in [0.3, 0.4) is 0 Å². The molecule has 31 heavy (non-hydrogen) atoms. The molecule has 10 heteroatoms. The van der Waals surface area contributed by atoms with Crippen molar-refractivity contribution < 1.29 is 14.3 Å². The molecule has 8 nitrogen and oxygen atoms in total. The van der Waals surface area contributed by atoms with Gasteiger partial charge in [0.1, 0.15) is 0 Å². The Morgan fingerprint density at radius 1 is 1.19 bits per heavy atom. The van der Waals surface area contributed by atoms with E-state index in [1.807, 2.05) is 0 Å². The molecular formula is C21H21ClN4O4S. The zero-order valence-corrected chi connectivity index (χ0v) is 18.3. The number of methoxy groups -OCH3 is 1. The number of amides is 2. The standard InChI is InChI=1S/C21H21ClN4O4S/c1-30-11-8-15(12-24-21(29)17-6-7-18(22)31-17)25-20(28)14-2-4-16(5-3-14)26-10-9-23-13-19(26)27/h2-7,9-10,13,15H,8,11-12H2,1H3,(H,24,29)(H,25,28). The number of ether oxygens (including phenoxy) is 1. The molecule has 1 unspecified atom stereocenters. The predicted molar refractivity (Wildman–Crippen MR) is 119 cm³/mol. The number of benzene rings is 1. The molecule has 162 valence electrons. The fourth-order valence-electron chi connectivity index (χ4n) is 2.83. The molecule has 0 radical (unpaired) electrons. The van der Waals surface area contributed by atoms with Gasteiger partial charge in [0.05, 0.1) is 15.4 Å². The van der Waals surface area contributed by atoms with Crippen molar-refractivity contribution >= 4 is 34.8 Å². The van der Waals surface area contributed by atoms with Crippen LogP contribution in [-0.4, -0.2) is 47.7 Å². The van der Waals surface area contributed by atoms with E-state index in [1.165, 1.54) is 28.3 Å². The summed E-state index contributed by atoms with van der Waals surface area (Å²) >= 11 is 7.06. The van der Waals surface area contributed by atoms with Gasteiger partial charge in [-0.3, -0.25) is 23.9 Å². The minimum Gasteiger partial charge on any atom is -0.385 e. The highest BCUT2D eigenvalue weighted by molar-refractivity contribution is 7.17. The van der Waals surface area contributed by atoms with Gasteiger partial charge in [-0.1, -0.05) is 11.6 Å². The first-order valence-corrected chi connectivity index (χ1v) is 10.6. The first kappa shape index (κ1) is 22.7. The second kappa shape index (κ2) is 10.9. The minimum absolute atomic E-state index is 0.244. The van der Waals surface area contributed by atoms with E-state index in [1.54, 1.807) is 49.7 Å². The number of carbonyl (C=O) groups is 2. The van der Waals surface area contributed by atoms with Crippen LogP contribution in [0, 0.1) is 0 Å². The van der Waals surface area contributed by atoms with Crippen molar-refractivity contribution in [3.05, 3.63) is 80.1 Å². The Bertz CT molecular complexity index is 1100. The summed E-state index contributed by atoms with van der Waals surface area (Å²) < 4.78 is 7.08. The third-order valence-corrected chi connectivity index (χ3v) is 5.67. The van der Waals surface area contributed by atoms with E-state index >= 15 is 0 Å². The lowest BCUT2D eigenvalue weighted by molar-refractivity contribution is 0.0897. The SMILES string of the molecule is COCCC(CNC(=O)c1ccc(Cl)s1)NC(=O)c1ccc(-n2ccncc2=O)cc1. The summed E-state index contributed by atoms with van der Waals surface area (Å²) in [6, 6.07) is 9.63. The van der Waals surface area contributed by atoms with Gasteiger partial charge in [0, 0.05) is 49.9 Å². The molecule has 1 atom stereocenters. The Kier molecular flexibility index (Phi) is 7.94. The van der Waals surface area contributed by atoms with Crippen LogP contribution in [0.15, 0.2) is 59.8 Å². The summed E-state index contributed by atoms with van der Waals surface area (Å²) in [6.45, 7) is 0.670. The smallest absolute Gasteiger partial charge is 0.273 e. The van der Waals surface area contributed by atoms with Crippen LogP contribution >= 0.6 is 22.9 Å². The lowest BCUT2D eigenvalue weighted by atomic mass is 10.1. The first-order valence-electron chi connectivity index (χ1n) is 9.44. The highest BCUT2D eigenvalue weighted by atomic mass is 35.5. The van der Waals surface area contributed by atoms with Gasteiger partial charge >= 0.3 is 0 Å². The number of halogens is 1. The second-order valence-corrected chi connectivity index (χ2v) is 8.31. The monoisotopic (exact) mass is 460 g/mol. The number of carbonyl (C=O) groups excluding carboxylic acids is 2. The van der Waals surface area contributed by atoms with Gasteiger partial charge in [-0.2, -0.15) is 0 Å². The quantitative estimate of drug-likeness (QED) is 0.510. The summed E-state index contributed by atoms with van der Waals surface area (Å²) in [6.07, 6.45) is 4.82. The molecule has 2 N–H and O–H groups in total. The van der Waals surface area contributed by atoms with E-state index < -0.39 is 0 Å². The third-order valence-electron chi connectivity index (χ3n) is 4.44. The van der Waals surface area contributed by atoms with Gasteiger partial charge in [0.25, 0.3) is 17.4 Å². The van der Waals surface area contributed by atoms with Crippen molar-refractivity contribution in [2.45, 2.75) is 12.5 Å². The fourth-order valence-corrected chi connectivity index (χ4v) is 3.79. The summed E-state index contributed by atoms with van der Waals surface area (Å²) in [5, 5.41) is 5.73. The van der Waals surface area contributed by atoms with Crippen LogP contribution in [0.2, 0.25) is 4.34 Å². The molecule has 0 saturated heterocycles. The number of aromatic nitrogens is 2. The molecule has 3 rings (SSSR count). The summed E-state index contributed by atoms with van der Waals surface area (Å²) in [7, 11) is 1.57. The Labute approximate surface area is 187 Å². The molecule has 2 aromatic heterocycles. The molecular weight excluding hydrogens is 440 g/mol. The molecule has 0 saturated carbocycles. The van der Waals surface area contributed by atoms with Crippen LogP contribution < -0.4 is 16.2 Å². The summed E-state index contributed by atoms with van der Waals surface area (Å²) in [5.74, 6) is -0.538. The lowest BCUT2D eigenvalue weighted by Crippen LogP contribution is -2.44. The second-order valence-electron chi connectivity index (χ2n) is 6.60. The number of nitrogens with zero attached hydrogens (tertiary/aromatic N) is 2. The number of nitrogens with one attached hydrogen (secondary N) is 2. The van der Waals surface area contributed by atoms with E-state index in [-0.39, 0.29) is 30.0 Å². The van der Waals surface area contributed by atoms with Crippen molar-refractivity contribution in [2.75, 3.05) is 20.3 Å². The normalized spacial score (nSPS) is 11.7. The van der Waals surface area contributed by atoms with Crippen LogP contribution in [0.25, 0.3) is 5.69 Å². The maximum atomic E-state index is 12.7. The molecule has 0 bridgehead atoms. The van der Waals surface area contributed by atoms with Crippen LogP contribution in [0.4, 0.5) is 0 Å². The molecule has 0 aliphatic heterocycles. The van der Waals surface area contributed by atoms with Crippen molar-refractivity contribution in [3.8, 4) is 5.69 Å². The van der Waals surface area contributed by atoms with Gasteiger partial charge in [0.15, 0.2) is 0 Å². The Morgan fingerprint density at radius 2 is 1.97 bits per heavy atom. The van der Waals surface area contributed by atoms with E-state index in [0.29, 0.717) is 33.5 Å². The zero-order valence-electron chi connectivity index (χ0n) is 16.7. The zero-order chi connectivity index (χ0) is 22.2. The number of hydrogen-bond acceptors (Lipinski definition) is 6. The Balaban J connectivity index is 1.63. The van der Waals surface area contributed by atoms with Gasteiger partial charge in [-0.25, -0.2) is 0 Å². The molecule has 0 spiro atoms. The Morgan fingerprint density at radius 3 is 2.61 bits per heavy atom. The average molecular weight is 461 g/mol. The van der Waals surface area contributed by atoms with Crippen LogP contribution in [0.5, 0.6) is 0 Å². The molecule has 2 heterocycles. The van der Waals surface area contributed by atoms with E-state index in [0.717, 1.165) is 0 Å². The third kappa shape index (κ3) is 6.24. The van der Waals surface area contributed by atoms with Gasteiger partial charge in [0.2, 0.25) is 0 Å². The average Bonchev–Trinajstić information content (AvgIpc) is 3.22. The maximum absolute atomic E-state index is 12.7. The van der Waals surface area contributed by atoms with Crippen LogP contribution in [0.1, 0.15) is 26.5 Å². The molecule has 3 aromatic rings. The minimum atomic E-state index is -0.325. The van der Waals surface area contributed by atoms with Gasteiger partial charge < -0.3 is 15.4 Å². The highest BCUT2D eigenvalue weighted by Gasteiger charge is 2.16. The number of thiophene rings is 1. The highest BCUT2D eigenvalue weighted by Crippen LogP contribution is 2.21. The van der Waals surface area contributed by atoms with Crippen LogP contribution in [-0.2, 0) is 4.74 Å². The van der Waals surface area contributed by atoms with Gasteiger partial charge in [-0.15, -0.1) is 11.3 Å². The van der Waals surface area contributed by atoms with Crippen molar-refractivity contribution in [3.63, 3.8) is 0 Å². The van der Waals surface area contributed by atoms with E-state index in [4.69, 9.17) is 16.3 Å². The van der Waals surface area contributed by atoms with E-state index in [9.17, 15) is 14.4 Å². The maximum Gasteiger partial charge on any atom is 0.273 e. The fraction of sp³-hybridized carbons (Fsp3) is 0.238. The number of rotatable bonds is 9. The summed E-state index contributed by atoms with van der Waals surface area (Å²) in [5.41, 5.74) is 0.800. The lowest BCUT2D eigenvalue weighted by Gasteiger charge is -2.19. The largest absolute Gasteiger partial charge is 0.385 e. The first-order chi connectivity index (χ1) is 15.0. The van der Waals surface area contributed by atoms with Crippen molar-refractivity contribution in [1.82, 2.24) is 20.2 Å². The topological polar surface area (TPSA) is 102 Å². The van der Waals surface area contributed by atoms with E-state index in [2.05, 4.69) is 15.6 Å². The molecule has 0 aliphatic rings. The summed E-state index contributed by atoms with van der Waals surface area (Å²) in [4.78, 5) is 41.1. The Hall–Kier alpha value is -3.01. The molecule has 0 fully saturated rings. The van der Waals surface area contributed by atoms with Crippen molar-refractivity contribution in [1.29, 1.82) is 0 Å². The van der Waals surface area contributed by atoms with Crippen molar-refractivity contribution in [2.24, 2.45) is 0 Å². The molecule has 0 aliphatic carbocycles. The predicted octanol–water partition coefficient (Wildman–Crippen LogP) is 2.51. The molecule has 1 aromatic carbocycles. The van der Waals surface area contributed by atoms with Gasteiger partial charge in [-0.05, 0) is 42.8 Å². The molecule has 2 amide bonds. The number of hydrogen-bond donors (Lipinski definition) is 2.